The number of fused-ring (bicyclic) bond motifs is 1. The molecule has 1 aromatic carbocycles. The fourth-order valence-corrected chi connectivity index (χ4v) is 5.54. The van der Waals surface area contributed by atoms with Gasteiger partial charge in [-0.1, -0.05) is 6.07 Å². The molecule has 0 radical (unpaired) electrons. The zero-order valence-electron chi connectivity index (χ0n) is 14.7. The number of anilines is 1. The topological polar surface area (TPSA) is 86.8 Å². The Balaban J connectivity index is 1.50. The summed E-state index contributed by atoms with van der Waals surface area (Å²) in [6.07, 6.45) is 0. The standard InChI is InChI=1S/C18H19N3O4S2/c1-12-14-11-13(4-5-15(14)19-17(12)22)27(24,25)21-8-6-20(7-9-21)18(23)16-3-2-10-26-16/h2-5,10-12H,6-9H2,1H3,(H,19,22)/t12-/m1/s1. The van der Waals surface area contributed by atoms with Gasteiger partial charge in [0.2, 0.25) is 15.9 Å². The van der Waals surface area contributed by atoms with Gasteiger partial charge in [-0.15, -0.1) is 11.3 Å². The van der Waals surface area contributed by atoms with Crippen LogP contribution in [0.1, 0.15) is 28.1 Å². The lowest BCUT2D eigenvalue weighted by Gasteiger charge is -2.33. The molecule has 142 valence electrons. The third-order valence-corrected chi connectivity index (χ3v) is 7.79. The Morgan fingerprint density at radius 2 is 1.93 bits per heavy atom. The van der Waals surface area contributed by atoms with Gasteiger partial charge >= 0.3 is 0 Å². The molecular weight excluding hydrogens is 386 g/mol. The molecule has 1 saturated heterocycles. The lowest BCUT2D eigenvalue weighted by molar-refractivity contribution is -0.116. The minimum absolute atomic E-state index is 0.0574. The van der Waals surface area contributed by atoms with E-state index in [0.29, 0.717) is 29.2 Å². The molecule has 2 aliphatic heterocycles. The average Bonchev–Trinajstić information content (AvgIpc) is 3.30. The minimum atomic E-state index is -3.67. The van der Waals surface area contributed by atoms with Crippen molar-refractivity contribution in [1.29, 1.82) is 0 Å². The van der Waals surface area contributed by atoms with Gasteiger partial charge in [0, 0.05) is 31.9 Å². The molecule has 0 spiro atoms. The van der Waals surface area contributed by atoms with Crippen molar-refractivity contribution < 1.29 is 18.0 Å². The van der Waals surface area contributed by atoms with Crippen LogP contribution in [-0.2, 0) is 14.8 Å². The molecule has 0 aliphatic carbocycles. The number of nitrogens with zero attached hydrogens (tertiary/aromatic N) is 2. The number of thiophene rings is 1. The van der Waals surface area contributed by atoms with Gasteiger partial charge in [0.25, 0.3) is 5.91 Å². The first kappa shape index (κ1) is 18.1. The maximum absolute atomic E-state index is 13.0. The van der Waals surface area contributed by atoms with Gasteiger partial charge in [0.05, 0.1) is 15.7 Å². The molecule has 7 nitrogen and oxygen atoms in total. The molecule has 9 heteroatoms. The predicted octanol–water partition coefficient (Wildman–Crippen LogP) is 1.95. The highest BCUT2D eigenvalue weighted by atomic mass is 32.2. The maximum Gasteiger partial charge on any atom is 0.264 e. The summed E-state index contributed by atoms with van der Waals surface area (Å²) in [5.41, 5.74) is 1.37. The predicted molar refractivity (Wildman–Crippen MR) is 102 cm³/mol. The van der Waals surface area contributed by atoms with Crippen molar-refractivity contribution >= 4 is 38.9 Å². The van der Waals surface area contributed by atoms with E-state index in [2.05, 4.69) is 5.32 Å². The zero-order valence-corrected chi connectivity index (χ0v) is 16.3. The van der Waals surface area contributed by atoms with Crippen molar-refractivity contribution in [1.82, 2.24) is 9.21 Å². The molecule has 0 bridgehead atoms. The Hall–Kier alpha value is -2.23. The zero-order chi connectivity index (χ0) is 19.2. The normalized spacial score (nSPS) is 20.4. The van der Waals surface area contributed by atoms with Gasteiger partial charge in [-0.2, -0.15) is 4.31 Å². The molecular formula is C18H19N3O4S2. The SMILES string of the molecule is C[C@H]1C(=O)Nc2ccc(S(=O)(=O)N3CCN(C(=O)c4cccs4)CC3)cc21. The van der Waals surface area contributed by atoms with E-state index in [0.717, 1.165) is 0 Å². The molecule has 1 fully saturated rings. The van der Waals surface area contributed by atoms with Crippen LogP contribution in [0.5, 0.6) is 0 Å². The summed E-state index contributed by atoms with van der Waals surface area (Å²) in [4.78, 5) is 26.7. The Morgan fingerprint density at radius 1 is 1.19 bits per heavy atom. The molecule has 1 aromatic heterocycles. The molecule has 2 aliphatic rings. The molecule has 0 unspecified atom stereocenters. The van der Waals surface area contributed by atoms with Crippen LogP contribution < -0.4 is 5.32 Å². The molecule has 1 atom stereocenters. The molecule has 1 N–H and O–H groups in total. The van der Waals surface area contributed by atoms with E-state index in [1.165, 1.54) is 21.7 Å². The smallest absolute Gasteiger partial charge is 0.264 e. The summed E-state index contributed by atoms with van der Waals surface area (Å²) in [5, 5.41) is 4.60. The van der Waals surface area contributed by atoms with Crippen molar-refractivity contribution in [2.45, 2.75) is 17.7 Å². The molecule has 2 aromatic rings. The second-order valence-electron chi connectivity index (χ2n) is 6.63. The van der Waals surface area contributed by atoms with E-state index in [1.54, 1.807) is 30.0 Å². The summed E-state index contributed by atoms with van der Waals surface area (Å²) < 4.78 is 27.4. The lowest BCUT2D eigenvalue weighted by atomic mass is 10.0. The highest BCUT2D eigenvalue weighted by molar-refractivity contribution is 7.89. The van der Waals surface area contributed by atoms with Crippen molar-refractivity contribution in [3.05, 3.63) is 46.2 Å². The van der Waals surface area contributed by atoms with Crippen LogP contribution >= 0.6 is 11.3 Å². The quantitative estimate of drug-likeness (QED) is 0.846. The first-order valence-corrected chi connectivity index (χ1v) is 11.0. The fourth-order valence-electron chi connectivity index (χ4n) is 3.39. The summed E-state index contributed by atoms with van der Waals surface area (Å²) in [5.74, 6) is -0.548. The van der Waals surface area contributed by atoms with Crippen LogP contribution in [0.2, 0.25) is 0 Å². The maximum atomic E-state index is 13.0. The van der Waals surface area contributed by atoms with E-state index in [9.17, 15) is 18.0 Å². The number of benzene rings is 1. The summed E-state index contributed by atoms with van der Waals surface area (Å²) in [7, 11) is -3.67. The van der Waals surface area contributed by atoms with E-state index < -0.39 is 10.0 Å². The van der Waals surface area contributed by atoms with Gasteiger partial charge in [0.15, 0.2) is 0 Å². The van der Waals surface area contributed by atoms with Gasteiger partial charge in [-0.25, -0.2) is 8.42 Å². The van der Waals surface area contributed by atoms with E-state index in [4.69, 9.17) is 0 Å². The third-order valence-electron chi connectivity index (χ3n) is 5.04. The monoisotopic (exact) mass is 405 g/mol. The van der Waals surface area contributed by atoms with E-state index in [-0.39, 0.29) is 35.7 Å². The number of nitrogens with one attached hydrogen (secondary N) is 1. The van der Waals surface area contributed by atoms with E-state index in [1.807, 2.05) is 11.4 Å². The Kier molecular flexibility index (Phi) is 4.53. The Bertz CT molecular complexity index is 994. The molecule has 27 heavy (non-hydrogen) atoms. The highest BCUT2D eigenvalue weighted by Gasteiger charge is 2.33. The summed E-state index contributed by atoms with van der Waals surface area (Å²) >= 11 is 1.38. The first-order chi connectivity index (χ1) is 12.9. The Morgan fingerprint density at radius 3 is 2.59 bits per heavy atom. The number of carbonyl (C=O) groups excluding carboxylic acids is 2. The lowest BCUT2D eigenvalue weighted by Crippen LogP contribution is -2.50. The number of carbonyl (C=O) groups is 2. The second-order valence-corrected chi connectivity index (χ2v) is 9.52. The van der Waals surface area contributed by atoms with Crippen LogP contribution in [-0.4, -0.2) is 55.6 Å². The minimum Gasteiger partial charge on any atom is -0.335 e. The van der Waals surface area contributed by atoms with E-state index >= 15 is 0 Å². The number of sulfonamides is 1. The second kappa shape index (κ2) is 6.74. The molecule has 4 rings (SSSR count). The molecule has 2 amide bonds. The third kappa shape index (κ3) is 3.15. The number of hydrogen-bond acceptors (Lipinski definition) is 5. The van der Waals surface area contributed by atoms with Crippen LogP contribution in [0.4, 0.5) is 5.69 Å². The van der Waals surface area contributed by atoms with Crippen molar-refractivity contribution in [2.24, 2.45) is 0 Å². The number of amides is 2. The molecule has 0 saturated carbocycles. The first-order valence-electron chi connectivity index (χ1n) is 8.65. The van der Waals surface area contributed by atoms with Gasteiger partial charge in [0.1, 0.15) is 0 Å². The van der Waals surface area contributed by atoms with Crippen LogP contribution in [0, 0.1) is 0 Å². The van der Waals surface area contributed by atoms with Crippen LogP contribution in [0.3, 0.4) is 0 Å². The van der Waals surface area contributed by atoms with Crippen LogP contribution in [0.15, 0.2) is 40.6 Å². The fraction of sp³-hybridized carbons (Fsp3) is 0.333. The molecule has 3 heterocycles. The summed E-state index contributed by atoms with van der Waals surface area (Å²) in [6, 6.07) is 8.34. The van der Waals surface area contributed by atoms with Crippen molar-refractivity contribution in [3.63, 3.8) is 0 Å². The van der Waals surface area contributed by atoms with Gasteiger partial charge in [-0.05, 0) is 42.1 Å². The number of piperazine rings is 1. The van der Waals surface area contributed by atoms with Gasteiger partial charge in [-0.3, -0.25) is 9.59 Å². The average molecular weight is 406 g/mol. The highest BCUT2D eigenvalue weighted by Crippen LogP contribution is 2.34. The van der Waals surface area contributed by atoms with Gasteiger partial charge < -0.3 is 10.2 Å². The van der Waals surface area contributed by atoms with Crippen LogP contribution in [0.25, 0.3) is 0 Å². The number of rotatable bonds is 3. The largest absolute Gasteiger partial charge is 0.335 e. The number of hydrogen-bond donors (Lipinski definition) is 1. The van der Waals surface area contributed by atoms with Crippen molar-refractivity contribution in [3.8, 4) is 0 Å². The van der Waals surface area contributed by atoms with Crippen molar-refractivity contribution in [2.75, 3.05) is 31.5 Å². The summed E-state index contributed by atoms with van der Waals surface area (Å²) in [6.45, 7) is 2.98. The Labute approximate surface area is 161 Å².